The van der Waals surface area contributed by atoms with Crippen LogP contribution in [0.5, 0.6) is 0 Å². The molecular formula is C27H26N2O3S. The first-order chi connectivity index (χ1) is 15.6. The standard InChI is InChI=1S/C27H26N2O3S/c1-16-10-11-25(18(3)12-16)33(31,32)29-23-15-24(27(30)22-9-7-6-8-21(22)23)28-26-19(4)13-17(2)14-20(26)5/h6-15,28H,1-5H3. The van der Waals surface area contributed by atoms with Gasteiger partial charge in [0.25, 0.3) is 10.0 Å². The van der Waals surface area contributed by atoms with Crippen LogP contribution in [0.15, 0.2) is 75.7 Å². The molecule has 3 aromatic rings. The van der Waals surface area contributed by atoms with Gasteiger partial charge >= 0.3 is 0 Å². The number of fused-ring (bicyclic) bond motifs is 1. The molecule has 168 valence electrons. The molecule has 1 aliphatic rings. The molecule has 0 fully saturated rings. The third-order valence-corrected chi connectivity index (χ3v) is 7.19. The molecule has 0 heterocycles. The van der Waals surface area contributed by atoms with Gasteiger partial charge in [0.15, 0.2) is 0 Å². The highest BCUT2D eigenvalue weighted by Crippen LogP contribution is 2.29. The van der Waals surface area contributed by atoms with Gasteiger partial charge in [0.05, 0.1) is 16.3 Å². The number of rotatable bonds is 4. The summed E-state index contributed by atoms with van der Waals surface area (Å²) < 4.78 is 30.6. The highest BCUT2D eigenvalue weighted by molar-refractivity contribution is 7.90. The van der Waals surface area contributed by atoms with Crippen LogP contribution in [0.2, 0.25) is 0 Å². The van der Waals surface area contributed by atoms with Crippen molar-refractivity contribution in [2.75, 3.05) is 5.32 Å². The summed E-state index contributed by atoms with van der Waals surface area (Å²) in [5, 5.41) is 3.25. The first-order valence-electron chi connectivity index (χ1n) is 10.7. The number of benzene rings is 3. The predicted octanol–water partition coefficient (Wildman–Crippen LogP) is 5.60. The lowest BCUT2D eigenvalue weighted by Gasteiger charge is -2.21. The van der Waals surface area contributed by atoms with Crippen LogP contribution < -0.4 is 5.32 Å². The van der Waals surface area contributed by atoms with E-state index in [2.05, 4.69) is 9.71 Å². The van der Waals surface area contributed by atoms with Gasteiger partial charge in [-0.05, 0) is 63.5 Å². The number of allylic oxidation sites excluding steroid dienone is 2. The number of nitrogens with zero attached hydrogens (tertiary/aromatic N) is 1. The van der Waals surface area contributed by atoms with Gasteiger partial charge in [0, 0.05) is 16.8 Å². The van der Waals surface area contributed by atoms with Gasteiger partial charge in [-0.2, -0.15) is 12.8 Å². The van der Waals surface area contributed by atoms with Crippen LogP contribution in [0.4, 0.5) is 5.69 Å². The predicted molar refractivity (Wildman–Crippen MR) is 133 cm³/mol. The Hall–Kier alpha value is -3.51. The average molecular weight is 459 g/mol. The molecule has 0 saturated carbocycles. The molecule has 0 amide bonds. The lowest BCUT2D eigenvalue weighted by molar-refractivity contribution is 0.103. The van der Waals surface area contributed by atoms with Gasteiger partial charge in [-0.15, -0.1) is 0 Å². The highest BCUT2D eigenvalue weighted by Gasteiger charge is 2.27. The van der Waals surface area contributed by atoms with Gasteiger partial charge in [-0.25, -0.2) is 0 Å². The largest absolute Gasteiger partial charge is 0.352 e. The van der Waals surface area contributed by atoms with Crippen molar-refractivity contribution in [3.8, 4) is 0 Å². The fraction of sp³-hybridized carbons (Fsp3) is 0.185. The SMILES string of the molecule is Cc1ccc(S(=O)(=O)N=C2C=C(Nc3c(C)cc(C)cc3C)C(=O)c3ccccc32)c(C)c1. The number of carbonyl (C=O) groups is 1. The van der Waals surface area contributed by atoms with Crippen molar-refractivity contribution < 1.29 is 13.2 Å². The molecule has 0 aromatic heterocycles. The number of hydrogen-bond donors (Lipinski definition) is 1. The molecule has 0 atom stereocenters. The zero-order valence-electron chi connectivity index (χ0n) is 19.4. The highest BCUT2D eigenvalue weighted by atomic mass is 32.2. The zero-order chi connectivity index (χ0) is 23.9. The molecule has 1 aliphatic carbocycles. The van der Waals surface area contributed by atoms with E-state index in [1.165, 1.54) is 6.08 Å². The maximum absolute atomic E-state index is 13.2. The molecule has 4 rings (SSSR count). The number of sulfonamides is 1. The first-order valence-corrected chi connectivity index (χ1v) is 12.1. The Kier molecular flexibility index (Phi) is 5.80. The zero-order valence-corrected chi connectivity index (χ0v) is 20.2. The van der Waals surface area contributed by atoms with Crippen LogP contribution in [-0.2, 0) is 10.0 Å². The number of aryl methyl sites for hydroxylation is 5. The van der Waals surface area contributed by atoms with Gasteiger partial charge in [0.2, 0.25) is 5.78 Å². The smallest absolute Gasteiger partial charge is 0.283 e. The summed E-state index contributed by atoms with van der Waals surface area (Å²) in [6, 6.07) is 16.2. The van der Waals surface area contributed by atoms with Crippen molar-refractivity contribution in [2.24, 2.45) is 4.40 Å². The van der Waals surface area contributed by atoms with E-state index in [4.69, 9.17) is 0 Å². The van der Waals surface area contributed by atoms with E-state index in [0.29, 0.717) is 22.4 Å². The number of nitrogens with one attached hydrogen (secondary N) is 1. The first kappa shape index (κ1) is 22.7. The molecule has 0 spiro atoms. The van der Waals surface area contributed by atoms with Crippen LogP contribution >= 0.6 is 0 Å². The van der Waals surface area contributed by atoms with Gasteiger partial charge in [-0.3, -0.25) is 4.79 Å². The molecule has 0 radical (unpaired) electrons. The number of ketones is 1. The normalized spacial score (nSPS) is 14.8. The molecule has 3 aromatic carbocycles. The Morgan fingerprint density at radius 1 is 0.758 bits per heavy atom. The van der Waals surface area contributed by atoms with E-state index in [-0.39, 0.29) is 16.4 Å². The fourth-order valence-corrected chi connectivity index (χ4v) is 5.49. The number of carbonyl (C=O) groups excluding carboxylic acids is 1. The lowest BCUT2D eigenvalue weighted by atomic mass is 9.92. The van der Waals surface area contributed by atoms with E-state index in [0.717, 1.165) is 27.9 Å². The van der Waals surface area contributed by atoms with Gasteiger partial charge in [-0.1, -0.05) is 59.7 Å². The van der Waals surface area contributed by atoms with E-state index in [9.17, 15) is 13.2 Å². The topological polar surface area (TPSA) is 75.6 Å². The maximum atomic E-state index is 13.2. The van der Waals surface area contributed by atoms with Crippen molar-refractivity contribution >= 4 is 27.2 Å². The fourth-order valence-electron chi connectivity index (χ4n) is 4.28. The summed E-state index contributed by atoms with van der Waals surface area (Å²) in [5.41, 5.74) is 7.01. The minimum absolute atomic E-state index is 0.156. The molecule has 0 aliphatic heterocycles. The monoisotopic (exact) mass is 458 g/mol. The van der Waals surface area contributed by atoms with Crippen molar-refractivity contribution in [1.82, 2.24) is 0 Å². The van der Waals surface area contributed by atoms with Crippen molar-refractivity contribution in [1.29, 1.82) is 0 Å². The Morgan fingerprint density at radius 3 is 2.00 bits per heavy atom. The van der Waals surface area contributed by atoms with Crippen LogP contribution in [0.1, 0.15) is 43.7 Å². The molecule has 1 N–H and O–H groups in total. The maximum Gasteiger partial charge on any atom is 0.283 e. The van der Waals surface area contributed by atoms with Gasteiger partial charge in [0.1, 0.15) is 0 Å². The number of anilines is 1. The average Bonchev–Trinajstić information content (AvgIpc) is 2.73. The third-order valence-electron chi connectivity index (χ3n) is 5.74. The van der Waals surface area contributed by atoms with E-state index >= 15 is 0 Å². The summed E-state index contributed by atoms with van der Waals surface area (Å²) in [6.07, 6.45) is 1.53. The third kappa shape index (κ3) is 4.39. The van der Waals surface area contributed by atoms with Crippen molar-refractivity contribution in [3.63, 3.8) is 0 Å². The van der Waals surface area contributed by atoms with Gasteiger partial charge < -0.3 is 5.32 Å². The van der Waals surface area contributed by atoms with Crippen LogP contribution in [0, 0.1) is 34.6 Å². The van der Waals surface area contributed by atoms with Crippen LogP contribution in [0.25, 0.3) is 0 Å². The van der Waals surface area contributed by atoms with Crippen LogP contribution in [-0.4, -0.2) is 19.9 Å². The second-order valence-corrected chi connectivity index (χ2v) is 10.1. The second-order valence-electron chi connectivity index (χ2n) is 8.55. The van der Waals surface area contributed by atoms with Crippen molar-refractivity contribution in [3.05, 3.63) is 105 Å². The lowest BCUT2D eigenvalue weighted by Crippen LogP contribution is -2.23. The number of Topliss-reactive ketones (excluding diaryl/α,β-unsaturated/α-hetero) is 1. The number of hydrogen-bond acceptors (Lipinski definition) is 4. The summed E-state index contributed by atoms with van der Waals surface area (Å²) in [6.45, 7) is 9.64. The van der Waals surface area contributed by atoms with E-state index in [1.807, 2.05) is 45.9 Å². The Labute approximate surface area is 195 Å². The Bertz CT molecular complexity index is 1440. The molecule has 6 heteroatoms. The second kappa shape index (κ2) is 8.45. The minimum atomic E-state index is -3.98. The summed E-state index contributed by atoms with van der Waals surface area (Å²) >= 11 is 0. The van der Waals surface area contributed by atoms with E-state index < -0.39 is 10.0 Å². The van der Waals surface area contributed by atoms with Crippen LogP contribution in [0.3, 0.4) is 0 Å². The molecule has 0 unspecified atom stereocenters. The summed E-state index contributed by atoms with van der Waals surface area (Å²) in [4.78, 5) is 13.4. The Morgan fingerprint density at radius 2 is 1.36 bits per heavy atom. The van der Waals surface area contributed by atoms with Crippen molar-refractivity contribution in [2.45, 2.75) is 39.5 Å². The van der Waals surface area contributed by atoms with E-state index in [1.54, 1.807) is 43.3 Å². The molecule has 5 nitrogen and oxygen atoms in total. The molecule has 0 saturated heterocycles. The molecule has 33 heavy (non-hydrogen) atoms. The minimum Gasteiger partial charge on any atom is -0.352 e. The summed E-state index contributed by atoms with van der Waals surface area (Å²) in [7, 11) is -3.98. The molecule has 0 bridgehead atoms. The summed E-state index contributed by atoms with van der Waals surface area (Å²) in [5.74, 6) is -0.201. The Balaban J connectivity index is 1.86. The molecular weight excluding hydrogens is 432 g/mol. The quantitative estimate of drug-likeness (QED) is 0.552.